The maximum atomic E-state index is 13.3. The molecule has 28 heavy (non-hydrogen) atoms. The third kappa shape index (κ3) is 2.68. The molecule has 0 spiro atoms. The monoisotopic (exact) mass is 390 g/mol. The zero-order valence-corrected chi connectivity index (χ0v) is 16.3. The number of nitrogens with zero attached hydrogens (tertiary/aromatic N) is 6. The van der Waals surface area contributed by atoms with E-state index >= 15 is 0 Å². The number of carbonyl (C=O) groups is 1. The summed E-state index contributed by atoms with van der Waals surface area (Å²) in [5.41, 5.74) is 4.25. The number of carbonyl (C=O) groups excluding carboxylic acids is 1. The number of anilines is 1. The molecular formula is C20H18N6OS. The number of hydrogen-bond donors (Lipinski definition) is 0. The Morgan fingerprint density at radius 1 is 1.21 bits per heavy atom. The molecule has 1 aromatic carbocycles. The van der Waals surface area contributed by atoms with E-state index in [4.69, 9.17) is 0 Å². The summed E-state index contributed by atoms with van der Waals surface area (Å²) in [6.07, 6.45) is 2.47. The molecule has 1 amide bonds. The minimum absolute atomic E-state index is 0.0656. The summed E-state index contributed by atoms with van der Waals surface area (Å²) in [6, 6.07) is 11.9. The van der Waals surface area contributed by atoms with E-state index < -0.39 is 0 Å². The van der Waals surface area contributed by atoms with Crippen LogP contribution < -0.4 is 4.90 Å². The minimum Gasteiger partial charge on any atom is -0.297 e. The fourth-order valence-corrected chi connectivity index (χ4v) is 4.40. The van der Waals surface area contributed by atoms with Gasteiger partial charge in [-0.3, -0.25) is 14.7 Å². The van der Waals surface area contributed by atoms with Crippen molar-refractivity contribution in [3.63, 3.8) is 0 Å². The average Bonchev–Trinajstić information content (AvgIpc) is 3.34. The standard InChI is InChI=1S/C20H18N6OS/c1-12-10-18(28-23-12)25-9-7-17-19(20(25)27)26(24-22-17)13(2)14-5-6-16-15(11-14)4-3-8-21-16/h3-6,8,10-11,13H,7,9H2,1-2H3/t13-/m0/s1. The van der Waals surface area contributed by atoms with Crippen LogP contribution in [-0.4, -0.2) is 36.8 Å². The van der Waals surface area contributed by atoms with Gasteiger partial charge in [-0.25, -0.2) is 4.68 Å². The van der Waals surface area contributed by atoms with Gasteiger partial charge in [-0.2, -0.15) is 4.37 Å². The van der Waals surface area contributed by atoms with Gasteiger partial charge >= 0.3 is 0 Å². The van der Waals surface area contributed by atoms with Crippen LogP contribution in [0.15, 0.2) is 42.6 Å². The molecule has 8 heteroatoms. The van der Waals surface area contributed by atoms with Gasteiger partial charge in [0.05, 0.1) is 22.9 Å². The molecule has 1 aliphatic rings. The highest BCUT2D eigenvalue weighted by Crippen LogP contribution is 2.30. The molecule has 4 aromatic rings. The molecule has 140 valence electrons. The van der Waals surface area contributed by atoms with E-state index in [9.17, 15) is 4.79 Å². The summed E-state index contributed by atoms with van der Waals surface area (Å²) >= 11 is 1.35. The van der Waals surface area contributed by atoms with E-state index in [0.717, 1.165) is 32.9 Å². The van der Waals surface area contributed by atoms with Crippen molar-refractivity contribution in [3.8, 4) is 0 Å². The van der Waals surface area contributed by atoms with Gasteiger partial charge in [0.15, 0.2) is 5.69 Å². The second-order valence-corrected chi connectivity index (χ2v) is 7.76. The van der Waals surface area contributed by atoms with Gasteiger partial charge in [0, 0.05) is 24.5 Å². The highest BCUT2D eigenvalue weighted by molar-refractivity contribution is 7.10. The second-order valence-electron chi connectivity index (χ2n) is 6.97. The van der Waals surface area contributed by atoms with Crippen molar-refractivity contribution in [2.45, 2.75) is 26.3 Å². The Bertz CT molecular complexity index is 1200. The lowest BCUT2D eigenvalue weighted by atomic mass is 10.0. The van der Waals surface area contributed by atoms with Gasteiger partial charge < -0.3 is 0 Å². The molecule has 0 fully saturated rings. The highest BCUT2D eigenvalue weighted by atomic mass is 32.1. The lowest BCUT2D eigenvalue weighted by Crippen LogP contribution is -2.39. The zero-order chi connectivity index (χ0) is 19.3. The molecule has 7 nitrogen and oxygen atoms in total. The highest BCUT2D eigenvalue weighted by Gasteiger charge is 2.33. The molecule has 0 aliphatic carbocycles. The van der Waals surface area contributed by atoms with E-state index in [-0.39, 0.29) is 11.9 Å². The molecule has 3 aromatic heterocycles. The number of pyridine rings is 1. The van der Waals surface area contributed by atoms with Crippen LogP contribution in [0.25, 0.3) is 10.9 Å². The van der Waals surface area contributed by atoms with E-state index in [1.165, 1.54) is 11.5 Å². The van der Waals surface area contributed by atoms with Crippen molar-refractivity contribution >= 4 is 33.3 Å². The molecule has 5 rings (SSSR count). The molecule has 0 saturated carbocycles. The first kappa shape index (κ1) is 17.0. The van der Waals surface area contributed by atoms with Crippen molar-refractivity contribution in [3.05, 3.63) is 65.2 Å². The van der Waals surface area contributed by atoms with E-state index in [1.54, 1.807) is 15.8 Å². The van der Waals surface area contributed by atoms with Crippen molar-refractivity contribution in [1.82, 2.24) is 24.4 Å². The van der Waals surface area contributed by atoms with Gasteiger partial charge in [-0.1, -0.05) is 17.3 Å². The molecule has 0 N–H and O–H groups in total. The van der Waals surface area contributed by atoms with E-state index in [1.807, 2.05) is 44.2 Å². The lowest BCUT2D eigenvalue weighted by molar-refractivity contribution is 0.0969. The normalized spacial score (nSPS) is 15.1. The SMILES string of the molecule is Cc1cc(N2CCc3nnn([C@@H](C)c4ccc5ncccc5c4)c3C2=O)sn1. The third-order valence-electron chi connectivity index (χ3n) is 5.14. The van der Waals surface area contributed by atoms with Crippen LogP contribution >= 0.6 is 11.5 Å². The number of hydrogen-bond acceptors (Lipinski definition) is 6. The fraction of sp³-hybridized carbons (Fsp3) is 0.250. The average molecular weight is 390 g/mol. The smallest absolute Gasteiger partial charge is 0.279 e. The Kier molecular flexibility index (Phi) is 3.94. The van der Waals surface area contributed by atoms with Gasteiger partial charge in [-0.05, 0) is 55.2 Å². The maximum absolute atomic E-state index is 13.3. The summed E-state index contributed by atoms with van der Waals surface area (Å²) in [4.78, 5) is 19.4. The molecule has 0 bridgehead atoms. The van der Waals surface area contributed by atoms with Crippen molar-refractivity contribution in [2.24, 2.45) is 0 Å². The lowest BCUT2D eigenvalue weighted by Gasteiger charge is -2.26. The Morgan fingerprint density at radius 2 is 2.11 bits per heavy atom. The molecule has 1 atom stereocenters. The van der Waals surface area contributed by atoms with E-state index in [0.29, 0.717) is 18.7 Å². The van der Waals surface area contributed by atoms with Crippen molar-refractivity contribution in [2.75, 3.05) is 11.4 Å². The van der Waals surface area contributed by atoms with Crippen LogP contribution in [0.4, 0.5) is 5.00 Å². The molecule has 0 saturated heterocycles. The number of aryl methyl sites for hydroxylation is 1. The van der Waals surface area contributed by atoms with E-state index in [2.05, 4.69) is 25.7 Å². The topological polar surface area (TPSA) is 76.8 Å². The van der Waals surface area contributed by atoms with Gasteiger partial charge in [0.1, 0.15) is 5.00 Å². The molecular weight excluding hydrogens is 372 g/mol. The first-order valence-corrected chi connectivity index (χ1v) is 9.93. The first-order chi connectivity index (χ1) is 13.6. The van der Waals surface area contributed by atoms with Crippen molar-refractivity contribution < 1.29 is 4.79 Å². The first-order valence-electron chi connectivity index (χ1n) is 9.16. The van der Waals surface area contributed by atoms with Crippen LogP contribution in [0.2, 0.25) is 0 Å². The van der Waals surface area contributed by atoms with Gasteiger partial charge in [0.25, 0.3) is 5.91 Å². The van der Waals surface area contributed by atoms with Crippen LogP contribution in [0.5, 0.6) is 0 Å². The Hall–Kier alpha value is -3.13. The molecule has 0 unspecified atom stereocenters. The Labute approximate surface area is 165 Å². The van der Waals surface area contributed by atoms with Crippen LogP contribution in [0, 0.1) is 6.92 Å². The molecule has 1 aliphatic heterocycles. The quantitative estimate of drug-likeness (QED) is 0.536. The predicted molar refractivity (Wildman–Crippen MR) is 108 cm³/mol. The molecule has 4 heterocycles. The van der Waals surface area contributed by atoms with Crippen LogP contribution in [-0.2, 0) is 6.42 Å². The van der Waals surface area contributed by atoms with Gasteiger partial charge in [0.2, 0.25) is 0 Å². The number of amides is 1. The summed E-state index contributed by atoms with van der Waals surface area (Å²) in [6.45, 7) is 4.57. The second kappa shape index (κ2) is 6.49. The van der Waals surface area contributed by atoms with Gasteiger partial charge in [-0.15, -0.1) is 5.10 Å². The van der Waals surface area contributed by atoms with Crippen LogP contribution in [0.1, 0.15) is 40.4 Å². The largest absolute Gasteiger partial charge is 0.297 e. The zero-order valence-electron chi connectivity index (χ0n) is 15.5. The number of benzene rings is 1. The summed E-state index contributed by atoms with van der Waals surface area (Å²) < 4.78 is 6.05. The Morgan fingerprint density at radius 3 is 2.93 bits per heavy atom. The van der Waals surface area contributed by atoms with Crippen molar-refractivity contribution in [1.29, 1.82) is 0 Å². The number of rotatable bonds is 3. The third-order valence-corrected chi connectivity index (χ3v) is 6.05. The molecule has 0 radical (unpaired) electrons. The minimum atomic E-state index is -0.118. The summed E-state index contributed by atoms with van der Waals surface area (Å²) in [5, 5.41) is 10.5. The number of fused-ring (bicyclic) bond motifs is 2. The maximum Gasteiger partial charge on any atom is 0.279 e. The Balaban J connectivity index is 1.53. The summed E-state index contributed by atoms with van der Waals surface area (Å²) in [5.74, 6) is -0.0656. The van der Waals surface area contributed by atoms with Crippen LogP contribution in [0.3, 0.4) is 0 Å². The predicted octanol–water partition coefficient (Wildman–Crippen LogP) is 3.40. The fourth-order valence-electron chi connectivity index (χ4n) is 3.62. The summed E-state index contributed by atoms with van der Waals surface area (Å²) in [7, 11) is 0. The number of aromatic nitrogens is 5.